The molecule has 1 N–H and O–H groups in total. The van der Waals surface area contributed by atoms with Crippen molar-refractivity contribution < 1.29 is 9.90 Å². The van der Waals surface area contributed by atoms with E-state index in [1.807, 2.05) is 25.2 Å². The summed E-state index contributed by atoms with van der Waals surface area (Å²) in [4.78, 5) is 14.1. The van der Waals surface area contributed by atoms with Gasteiger partial charge in [-0.3, -0.25) is 4.79 Å². The standard InChI is InChI=1S/C16H19NO2/c1-17(12-14-6-2-7-14)16(19)15-9-3-5-13(11-15)8-4-10-18/h3,5,9,11,14,18H,2,6-7,10,12H2,1H3. The molecule has 0 aliphatic heterocycles. The molecule has 1 aliphatic rings. The first kappa shape index (κ1) is 13.6. The van der Waals surface area contributed by atoms with Crippen LogP contribution >= 0.6 is 0 Å². The molecule has 0 radical (unpaired) electrons. The molecule has 2 rings (SSSR count). The monoisotopic (exact) mass is 257 g/mol. The van der Waals surface area contributed by atoms with Crippen LogP contribution in [0.3, 0.4) is 0 Å². The van der Waals surface area contributed by atoms with Crippen molar-refractivity contribution in [3.05, 3.63) is 35.4 Å². The minimum Gasteiger partial charge on any atom is -0.384 e. The Hall–Kier alpha value is -1.79. The molecule has 0 saturated heterocycles. The Morgan fingerprint density at radius 1 is 1.47 bits per heavy atom. The average Bonchev–Trinajstić information content (AvgIpc) is 2.39. The number of hydrogen-bond acceptors (Lipinski definition) is 2. The molecular weight excluding hydrogens is 238 g/mol. The van der Waals surface area contributed by atoms with Crippen LogP contribution < -0.4 is 0 Å². The highest BCUT2D eigenvalue weighted by atomic mass is 16.2. The number of benzene rings is 1. The van der Waals surface area contributed by atoms with Gasteiger partial charge in [0.25, 0.3) is 5.91 Å². The molecular formula is C16H19NO2. The lowest BCUT2D eigenvalue weighted by Gasteiger charge is -2.30. The maximum absolute atomic E-state index is 12.3. The third-order valence-corrected chi connectivity index (χ3v) is 3.52. The first-order valence-corrected chi connectivity index (χ1v) is 6.66. The van der Waals surface area contributed by atoms with Gasteiger partial charge in [-0.1, -0.05) is 24.3 Å². The van der Waals surface area contributed by atoms with Gasteiger partial charge in [0.05, 0.1) is 0 Å². The summed E-state index contributed by atoms with van der Waals surface area (Å²) in [6.45, 7) is 0.672. The summed E-state index contributed by atoms with van der Waals surface area (Å²) in [5.41, 5.74) is 1.42. The molecule has 3 heteroatoms. The van der Waals surface area contributed by atoms with E-state index in [1.165, 1.54) is 19.3 Å². The van der Waals surface area contributed by atoms with E-state index in [4.69, 9.17) is 5.11 Å². The molecule has 100 valence electrons. The molecule has 3 nitrogen and oxygen atoms in total. The minimum absolute atomic E-state index is 0.0412. The van der Waals surface area contributed by atoms with Gasteiger partial charge in [-0.25, -0.2) is 0 Å². The fourth-order valence-electron chi connectivity index (χ4n) is 2.24. The molecule has 0 spiro atoms. The van der Waals surface area contributed by atoms with Crippen molar-refractivity contribution in [2.75, 3.05) is 20.2 Å². The van der Waals surface area contributed by atoms with Crippen LogP contribution in [0.15, 0.2) is 24.3 Å². The van der Waals surface area contributed by atoms with Crippen LogP contribution in [-0.4, -0.2) is 36.1 Å². The van der Waals surface area contributed by atoms with E-state index in [1.54, 1.807) is 11.0 Å². The van der Waals surface area contributed by atoms with E-state index >= 15 is 0 Å². The summed E-state index contributed by atoms with van der Waals surface area (Å²) in [7, 11) is 1.85. The normalized spacial score (nSPS) is 14.2. The van der Waals surface area contributed by atoms with Gasteiger partial charge < -0.3 is 10.0 Å². The zero-order valence-corrected chi connectivity index (χ0v) is 11.2. The van der Waals surface area contributed by atoms with Gasteiger partial charge >= 0.3 is 0 Å². The summed E-state index contributed by atoms with van der Waals surface area (Å²) in [6.07, 6.45) is 3.76. The zero-order chi connectivity index (χ0) is 13.7. The van der Waals surface area contributed by atoms with E-state index in [9.17, 15) is 4.79 Å². The van der Waals surface area contributed by atoms with Crippen molar-refractivity contribution in [3.63, 3.8) is 0 Å². The van der Waals surface area contributed by atoms with E-state index in [0.717, 1.165) is 12.1 Å². The van der Waals surface area contributed by atoms with Crippen molar-refractivity contribution in [1.82, 2.24) is 4.90 Å². The van der Waals surface area contributed by atoms with Crippen molar-refractivity contribution >= 4 is 5.91 Å². The highest BCUT2D eigenvalue weighted by molar-refractivity contribution is 5.94. The maximum Gasteiger partial charge on any atom is 0.253 e. The van der Waals surface area contributed by atoms with E-state index in [2.05, 4.69) is 11.8 Å². The number of nitrogens with zero attached hydrogens (tertiary/aromatic N) is 1. The van der Waals surface area contributed by atoms with Crippen LogP contribution in [-0.2, 0) is 0 Å². The fourth-order valence-corrected chi connectivity index (χ4v) is 2.24. The van der Waals surface area contributed by atoms with Crippen LogP contribution in [0, 0.1) is 17.8 Å². The lowest BCUT2D eigenvalue weighted by molar-refractivity contribution is 0.0745. The van der Waals surface area contributed by atoms with Crippen LogP contribution in [0.4, 0.5) is 0 Å². The van der Waals surface area contributed by atoms with E-state index < -0.39 is 0 Å². The molecule has 0 heterocycles. The highest BCUT2D eigenvalue weighted by Gasteiger charge is 2.21. The van der Waals surface area contributed by atoms with Gasteiger partial charge in [0.15, 0.2) is 0 Å². The summed E-state index contributed by atoms with van der Waals surface area (Å²) in [5.74, 6) is 6.13. The Labute approximate surface area is 114 Å². The van der Waals surface area contributed by atoms with Gasteiger partial charge in [-0.15, -0.1) is 0 Å². The Bertz CT molecular complexity index is 509. The summed E-state index contributed by atoms with van der Waals surface area (Å²) >= 11 is 0. The summed E-state index contributed by atoms with van der Waals surface area (Å²) in [6, 6.07) is 7.25. The molecule has 0 atom stereocenters. The number of aliphatic hydroxyl groups is 1. The first-order valence-electron chi connectivity index (χ1n) is 6.66. The lowest BCUT2D eigenvalue weighted by Crippen LogP contribution is -2.34. The quantitative estimate of drug-likeness (QED) is 0.840. The molecule has 1 aromatic rings. The van der Waals surface area contributed by atoms with Crippen molar-refractivity contribution in [2.45, 2.75) is 19.3 Å². The van der Waals surface area contributed by atoms with Crippen LogP contribution in [0.5, 0.6) is 0 Å². The molecule has 0 bridgehead atoms. The van der Waals surface area contributed by atoms with Crippen molar-refractivity contribution in [2.24, 2.45) is 5.92 Å². The number of aliphatic hydroxyl groups excluding tert-OH is 1. The molecule has 1 aliphatic carbocycles. The molecule has 1 aromatic carbocycles. The number of hydrogen-bond donors (Lipinski definition) is 1. The number of amides is 1. The van der Waals surface area contributed by atoms with Crippen molar-refractivity contribution in [3.8, 4) is 11.8 Å². The minimum atomic E-state index is -0.167. The third kappa shape index (κ3) is 3.59. The largest absolute Gasteiger partial charge is 0.384 e. The molecule has 0 unspecified atom stereocenters. The second kappa shape index (κ2) is 6.40. The van der Waals surface area contributed by atoms with Gasteiger partial charge in [0.1, 0.15) is 6.61 Å². The van der Waals surface area contributed by atoms with Gasteiger partial charge in [0, 0.05) is 24.7 Å². The Kier molecular flexibility index (Phi) is 4.59. The number of rotatable bonds is 3. The van der Waals surface area contributed by atoms with E-state index in [-0.39, 0.29) is 12.5 Å². The van der Waals surface area contributed by atoms with Crippen LogP contribution in [0.25, 0.3) is 0 Å². The number of carbonyl (C=O) groups excluding carboxylic acids is 1. The lowest BCUT2D eigenvalue weighted by atomic mass is 9.85. The molecule has 0 aromatic heterocycles. The van der Waals surface area contributed by atoms with Gasteiger partial charge in [-0.05, 0) is 37.0 Å². The predicted molar refractivity (Wildman–Crippen MR) is 74.7 cm³/mol. The SMILES string of the molecule is CN(CC1CCC1)C(=O)c1cccc(C#CCO)c1. The van der Waals surface area contributed by atoms with E-state index in [0.29, 0.717) is 11.5 Å². The molecule has 1 amide bonds. The Morgan fingerprint density at radius 2 is 2.26 bits per heavy atom. The smallest absolute Gasteiger partial charge is 0.253 e. The highest BCUT2D eigenvalue weighted by Crippen LogP contribution is 2.27. The summed E-state index contributed by atoms with van der Waals surface area (Å²) in [5, 5.41) is 8.68. The molecule has 1 saturated carbocycles. The van der Waals surface area contributed by atoms with Crippen molar-refractivity contribution in [1.29, 1.82) is 0 Å². The number of carbonyl (C=O) groups is 1. The molecule has 1 fully saturated rings. The Morgan fingerprint density at radius 3 is 2.89 bits per heavy atom. The van der Waals surface area contributed by atoms with Crippen LogP contribution in [0.1, 0.15) is 35.2 Å². The fraction of sp³-hybridized carbons (Fsp3) is 0.438. The van der Waals surface area contributed by atoms with Gasteiger partial charge in [-0.2, -0.15) is 0 Å². The zero-order valence-electron chi connectivity index (χ0n) is 11.2. The Balaban J connectivity index is 2.04. The first-order chi connectivity index (χ1) is 9.20. The maximum atomic E-state index is 12.3. The average molecular weight is 257 g/mol. The summed E-state index contributed by atoms with van der Waals surface area (Å²) < 4.78 is 0. The topological polar surface area (TPSA) is 40.5 Å². The van der Waals surface area contributed by atoms with Gasteiger partial charge in [0.2, 0.25) is 0 Å². The second-order valence-corrected chi connectivity index (χ2v) is 5.02. The predicted octanol–water partition coefficient (Wildman–Crippen LogP) is 1.90. The third-order valence-electron chi connectivity index (χ3n) is 3.52. The molecule has 19 heavy (non-hydrogen) atoms. The second-order valence-electron chi connectivity index (χ2n) is 5.02. The van der Waals surface area contributed by atoms with Crippen LogP contribution in [0.2, 0.25) is 0 Å².